The average Bonchev–Trinajstić information content (AvgIpc) is 2.75. The van der Waals surface area contributed by atoms with E-state index in [-0.39, 0.29) is 6.04 Å². The van der Waals surface area contributed by atoms with Crippen LogP contribution in [0.3, 0.4) is 0 Å². The fourth-order valence-electron chi connectivity index (χ4n) is 1.94. The van der Waals surface area contributed by atoms with Crippen molar-refractivity contribution in [1.82, 2.24) is 10.3 Å². The molecule has 0 spiro atoms. The summed E-state index contributed by atoms with van der Waals surface area (Å²) in [4.78, 5) is 4.12. The monoisotopic (exact) mass is 217 g/mol. The summed E-state index contributed by atoms with van der Waals surface area (Å²) < 4.78 is 0. The second-order valence-corrected chi connectivity index (χ2v) is 3.68. The Morgan fingerprint density at radius 1 is 1.56 bits per heavy atom. The Kier molecular flexibility index (Phi) is 4.94. The largest absolute Gasteiger partial charge is 0.295 e. The average molecular weight is 217 g/mol. The van der Waals surface area contributed by atoms with Gasteiger partial charge in [-0.25, -0.2) is 0 Å². The van der Waals surface area contributed by atoms with Crippen molar-refractivity contribution < 1.29 is 0 Å². The molecule has 0 saturated heterocycles. The zero-order valence-corrected chi connectivity index (χ0v) is 10.2. The first-order chi connectivity index (χ1) is 7.81. The summed E-state index contributed by atoms with van der Waals surface area (Å²) >= 11 is 0. The molecule has 86 valence electrons. The maximum Gasteiger partial charge on any atom is 0.0929 e. The Bertz CT molecular complexity index is 368. The van der Waals surface area contributed by atoms with Gasteiger partial charge in [0.25, 0.3) is 0 Å². The molecular weight excluding hydrogens is 198 g/mol. The number of pyridine rings is 1. The van der Waals surface area contributed by atoms with E-state index < -0.39 is 0 Å². The number of fused-ring (bicyclic) bond motifs is 1. The highest BCUT2D eigenvalue weighted by molar-refractivity contribution is 5.31. The highest BCUT2D eigenvalue weighted by atomic mass is 14.9. The van der Waals surface area contributed by atoms with Crippen molar-refractivity contribution in [3.63, 3.8) is 0 Å². The molecule has 0 bridgehead atoms. The molecule has 3 nitrogen and oxygen atoms in total. The van der Waals surface area contributed by atoms with Gasteiger partial charge in [0.1, 0.15) is 0 Å². The van der Waals surface area contributed by atoms with E-state index in [1.54, 1.807) is 0 Å². The summed E-state index contributed by atoms with van der Waals surface area (Å²) in [6.45, 7) is 5.88. The third kappa shape index (κ3) is 2.80. The number of nitrogens with one attached hydrogen (secondary N) is 1. The fourth-order valence-corrected chi connectivity index (χ4v) is 1.94. The van der Waals surface area contributed by atoms with Crippen LogP contribution in [0.25, 0.3) is 0 Å². The Morgan fingerprint density at radius 3 is 3.00 bits per heavy atom. The molecule has 0 saturated carbocycles. The lowest BCUT2D eigenvalue weighted by atomic mass is 10.1. The number of hydrogen-bond donors (Lipinski definition) is 1. The van der Waals surface area contributed by atoms with Crippen molar-refractivity contribution in [3.05, 3.63) is 29.6 Å². The minimum atomic E-state index is -0.0915. The standard InChI is InChI=1S/C11H13N3.C2H6/c1-8(6-12)14-11-3-2-9-4-5-13-7-10(9)11;1-2/h4-5,7-8,11,14H,2-3H2,1H3;1-2H3. The molecule has 0 fully saturated rings. The first-order valence-corrected chi connectivity index (χ1v) is 5.89. The van der Waals surface area contributed by atoms with Gasteiger partial charge in [0.15, 0.2) is 0 Å². The predicted molar refractivity (Wildman–Crippen MR) is 64.9 cm³/mol. The third-order valence-electron chi connectivity index (χ3n) is 2.67. The van der Waals surface area contributed by atoms with Crippen LogP contribution < -0.4 is 5.32 Å². The molecule has 1 aliphatic carbocycles. The van der Waals surface area contributed by atoms with E-state index in [1.807, 2.05) is 33.2 Å². The van der Waals surface area contributed by atoms with E-state index in [9.17, 15) is 0 Å². The van der Waals surface area contributed by atoms with Crippen molar-refractivity contribution in [2.45, 2.75) is 45.7 Å². The molecular formula is C13H19N3. The van der Waals surface area contributed by atoms with Crippen molar-refractivity contribution >= 4 is 0 Å². The van der Waals surface area contributed by atoms with Gasteiger partial charge in [-0.3, -0.25) is 10.3 Å². The lowest BCUT2D eigenvalue weighted by Gasteiger charge is -2.14. The van der Waals surface area contributed by atoms with Gasteiger partial charge in [-0.2, -0.15) is 5.26 Å². The molecule has 2 unspecified atom stereocenters. The Labute approximate surface area is 97.5 Å². The molecule has 0 radical (unpaired) electrons. The van der Waals surface area contributed by atoms with Crippen LogP contribution in [-0.2, 0) is 6.42 Å². The van der Waals surface area contributed by atoms with Crippen molar-refractivity contribution in [1.29, 1.82) is 5.26 Å². The lowest BCUT2D eigenvalue weighted by molar-refractivity contribution is 0.504. The van der Waals surface area contributed by atoms with Gasteiger partial charge < -0.3 is 0 Å². The van der Waals surface area contributed by atoms with Crippen LogP contribution in [-0.4, -0.2) is 11.0 Å². The number of nitriles is 1. The third-order valence-corrected chi connectivity index (χ3v) is 2.67. The quantitative estimate of drug-likeness (QED) is 0.828. The van der Waals surface area contributed by atoms with Gasteiger partial charge in [0, 0.05) is 18.4 Å². The summed E-state index contributed by atoms with van der Waals surface area (Å²) in [5.41, 5.74) is 2.62. The zero-order valence-electron chi connectivity index (χ0n) is 10.2. The van der Waals surface area contributed by atoms with Crippen LogP contribution in [0.4, 0.5) is 0 Å². The molecule has 16 heavy (non-hydrogen) atoms. The van der Waals surface area contributed by atoms with Crippen LogP contribution >= 0.6 is 0 Å². The van der Waals surface area contributed by atoms with Crippen molar-refractivity contribution in [2.75, 3.05) is 0 Å². The topological polar surface area (TPSA) is 48.7 Å². The van der Waals surface area contributed by atoms with E-state index in [1.165, 1.54) is 11.1 Å². The van der Waals surface area contributed by atoms with Gasteiger partial charge in [-0.05, 0) is 37.0 Å². The van der Waals surface area contributed by atoms with E-state index in [0.717, 1.165) is 12.8 Å². The second kappa shape index (κ2) is 6.24. The molecule has 0 aromatic carbocycles. The summed E-state index contributed by atoms with van der Waals surface area (Å²) in [6, 6.07) is 4.48. The maximum atomic E-state index is 8.71. The number of nitrogens with zero attached hydrogens (tertiary/aromatic N) is 2. The summed E-state index contributed by atoms with van der Waals surface area (Å²) in [5, 5.41) is 12.0. The van der Waals surface area contributed by atoms with Gasteiger partial charge in [0.05, 0.1) is 12.1 Å². The number of hydrogen-bond acceptors (Lipinski definition) is 3. The molecule has 1 aromatic heterocycles. The fraction of sp³-hybridized carbons (Fsp3) is 0.538. The normalized spacial score (nSPS) is 19.0. The van der Waals surface area contributed by atoms with Crippen LogP contribution in [0.1, 0.15) is 44.4 Å². The van der Waals surface area contributed by atoms with Crippen LogP contribution in [0.15, 0.2) is 18.5 Å². The highest BCUT2D eigenvalue weighted by Crippen LogP contribution is 2.30. The van der Waals surface area contributed by atoms with E-state index in [4.69, 9.17) is 5.26 Å². The molecule has 1 aliphatic rings. The molecule has 0 amide bonds. The Balaban J connectivity index is 0.000000606. The zero-order chi connectivity index (χ0) is 12.0. The number of aryl methyl sites for hydroxylation is 1. The predicted octanol–water partition coefficient (Wildman–Crippen LogP) is 2.60. The first-order valence-electron chi connectivity index (χ1n) is 5.89. The summed E-state index contributed by atoms with van der Waals surface area (Å²) in [5.74, 6) is 0. The molecule has 3 heteroatoms. The van der Waals surface area contributed by atoms with Crippen LogP contribution in [0.2, 0.25) is 0 Å². The molecule has 1 heterocycles. The molecule has 1 N–H and O–H groups in total. The van der Waals surface area contributed by atoms with Gasteiger partial charge in [0.2, 0.25) is 0 Å². The van der Waals surface area contributed by atoms with Crippen LogP contribution in [0, 0.1) is 11.3 Å². The Morgan fingerprint density at radius 2 is 2.31 bits per heavy atom. The van der Waals surface area contributed by atoms with Crippen molar-refractivity contribution in [2.24, 2.45) is 0 Å². The summed E-state index contributed by atoms with van der Waals surface area (Å²) in [7, 11) is 0. The minimum Gasteiger partial charge on any atom is -0.295 e. The smallest absolute Gasteiger partial charge is 0.0929 e. The second-order valence-electron chi connectivity index (χ2n) is 3.68. The van der Waals surface area contributed by atoms with Crippen molar-refractivity contribution in [3.8, 4) is 6.07 Å². The SMILES string of the molecule is CC.CC(C#N)NC1CCc2ccncc21. The minimum absolute atomic E-state index is 0.0915. The lowest BCUT2D eigenvalue weighted by Crippen LogP contribution is -2.27. The van der Waals surface area contributed by atoms with E-state index in [2.05, 4.69) is 22.4 Å². The number of aromatic nitrogens is 1. The van der Waals surface area contributed by atoms with Crippen LogP contribution in [0.5, 0.6) is 0 Å². The highest BCUT2D eigenvalue weighted by Gasteiger charge is 2.23. The molecule has 2 atom stereocenters. The van der Waals surface area contributed by atoms with E-state index >= 15 is 0 Å². The molecule has 2 rings (SSSR count). The first kappa shape index (κ1) is 12.7. The van der Waals surface area contributed by atoms with Gasteiger partial charge in [-0.15, -0.1) is 0 Å². The van der Waals surface area contributed by atoms with Gasteiger partial charge >= 0.3 is 0 Å². The molecule has 1 aromatic rings. The molecule has 0 aliphatic heterocycles. The maximum absolute atomic E-state index is 8.71. The summed E-state index contributed by atoms with van der Waals surface area (Å²) in [6.07, 6.45) is 5.90. The van der Waals surface area contributed by atoms with Gasteiger partial charge in [-0.1, -0.05) is 13.8 Å². The number of rotatable bonds is 2. The van der Waals surface area contributed by atoms with E-state index in [0.29, 0.717) is 6.04 Å². The Hall–Kier alpha value is -1.40.